The molecule has 0 fully saturated rings. The van der Waals surface area contributed by atoms with Crippen LogP contribution in [-0.2, 0) is 0 Å². The zero-order valence-corrected chi connectivity index (χ0v) is 4.83. The van der Waals surface area contributed by atoms with Crippen molar-refractivity contribution < 1.29 is 0 Å². The molecule has 0 spiro atoms. The van der Waals surface area contributed by atoms with Gasteiger partial charge < -0.3 is 5.73 Å². The molecule has 0 heterocycles. The van der Waals surface area contributed by atoms with Crippen molar-refractivity contribution >= 4 is 12.9 Å². The van der Waals surface area contributed by atoms with Crippen molar-refractivity contribution in [2.24, 2.45) is 15.7 Å². The summed E-state index contributed by atoms with van der Waals surface area (Å²) in [5.41, 5.74) is 5.22. The maximum Gasteiger partial charge on any atom is 0.141 e. The second kappa shape index (κ2) is 4.05. The molecule has 8 heavy (non-hydrogen) atoms. The molecule has 2 N–H and O–H groups in total. The van der Waals surface area contributed by atoms with Crippen LogP contribution < -0.4 is 5.73 Å². The molecular weight excluding hydrogens is 102 g/mol. The van der Waals surface area contributed by atoms with Crippen molar-refractivity contribution in [2.45, 2.75) is 6.92 Å². The van der Waals surface area contributed by atoms with Gasteiger partial charge in [-0.15, -0.1) is 0 Å². The minimum atomic E-state index is 0.377. The fourth-order valence-electron chi connectivity index (χ4n) is 0.276. The Morgan fingerprint density at radius 3 is 2.75 bits per heavy atom. The lowest BCUT2D eigenvalue weighted by Gasteiger charge is -1.83. The summed E-state index contributed by atoms with van der Waals surface area (Å²) in [6.07, 6.45) is 2.98. The highest BCUT2D eigenvalue weighted by atomic mass is 14.9. The van der Waals surface area contributed by atoms with Crippen LogP contribution >= 0.6 is 0 Å². The molecule has 3 nitrogen and oxygen atoms in total. The average Bonchev–Trinajstić information content (AvgIpc) is 1.68. The monoisotopic (exact) mass is 111 g/mol. The van der Waals surface area contributed by atoms with Crippen LogP contribution in [0.3, 0.4) is 0 Å². The standard InChI is InChI=1S/C5H9N3/c1-3-8-5(6)4-7-2/h3-4H,2,6H2,1H3/b5-4-,8-3-. The van der Waals surface area contributed by atoms with Gasteiger partial charge >= 0.3 is 0 Å². The first kappa shape index (κ1) is 6.88. The minimum absolute atomic E-state index is 0.377. The zero-order chi connectivity index (χ0) is 6.41. The van der Waals surface area contributed by atoms with Crippen LogP contribution in [0.4, 0.5) is 0 Å². The first-order chi connectivity index (χ1) is 3.81. The number of hydrogen-bond donors (Lipinski definition) is 1. The fraction of sp³-hybridized carbons (Fsp3) is 0.200. The Hall–Kier alpha value is -1.12. The van der Waals surface area contributed by atoms with Crippen LogP contribution in [0.15, 0.2) is 22.0 Å². The lowest BCUT2D eigenvalue weighted by Crippen LogP contribution is -1.91. The average molecular weight is 111 g/mol. The number of hydrogen-bond acceptors (Lipinski definition) is 3. The Morgan fingerprint density at radius 1 is 1.75 bits per heavy atom. The van der Waals surface area contributed by atoms with Gasteiger partial charge in [-0.2, -0.15) is 0 Å². The molecule has 0 aromatic rings. The minimum Gasteiger partial charge on any atom is -0.382 e. The molecule has 0 radical (unpaired) electrons. The van der Waals surface area contributed by atoms with Gasteiger partial charge in [-0.25, -0.2) is 4.99 Å². The van der Waals surface area contributed by atoms with Crippen LogP contribution in [0.2, 0.25) is 0 Å². The summed E-state index contributed by atoms with van der Waals surface area (Å²) in [5, 5.41) is 0. The highest BCUT2D eigenvalue weighted by Crippen LogP contribution is 1.82. The topological polar surface area (TPSA) is 50.7 Å². The Labute approximate surface area is 48.6 Å². The molecule has 0 saturated carbocycles. The zero-order valence-electron chi connectivity index (χ0n) is 4.83. The third kappa shape index (κ3) is 3.08. The van der Waals surface area contributed by atoms with E-state index in [0.717, 1.165) is 0 Å². The maximum absolute atomic E-state index is 5.22. The van der Waals surface area contributed by atoms with E-state index in [-0.39, 0.29) is 0 Å². The van der Waals surface area contributed by atoms with E-state index in [1.54, 1.807) is 13.1 Å². The lowest BCUT2D eigenvalue weighted by atomic mass is 10.7. The highest BCUT2D eigenvalue weighted by Gasteiger charge is 1.73. The summed E-state index contributed by atoms with van der Waals surface area (Å²) < 4.78 is 0. The van der Waals surface area contributed by atoms with E-state index in [1.165, 1.54) is 6.20 Å². The summed E-state index contributed by atoms with van der Waals surface area (Å²) in [5.74, 6) is 0.377. The molecule has 0 aliphatic carbocycles. The molecule has 0 aromatic carbocycles. The highest BCUT2D eigenvalue weighted by molar-refractivity contribution is 5.55. The van der Waals surface area contributed by atoms with Gasteiger partial charge in [0.15, 0.2) is 0 Å². The predicted octanol–water partition coefficient (Wildman–Crippen LogP) is 0.535. The predicted molar refractivity (Wildman–Crippen MR) is 36.0 cm³/mol. The van der Waals surface area contributed by atoms with Gasteiger partial charge in [-0.1, -0.05) is 0 Å². The van der Waals surface area contributed by atoms with Gasteiger partial charge in [0, 0.05) is 6.21 Å². The number of rotatable bonds is 2. The fourth-order valence-corrected chi connectivity index (χ4v) is 0.276. The first-order valence-corrected chi connectivity index (χ1v) is 2.21. The molecule has 0 rings (SSSR count). The molecule has 0 bridgehead atoms. The van der Waals surface area contributed by atoms with Gasteiger partial charge in [0.1, 0.15) is 5.82 Å². The molecular formula is C5H9N3. The van der Waals surface area contributed by atoms with E-state index in [9.17, 15) is 0 Å². The SMILES string of the molecule is C=N/C=C(N)\N=C/C. The van der Waals surface area contributed by atoms with E-state index in [0.29, 0.717) is 5.82 Å². The van der Waals surface area contributed by atoms with Gasteiger partial charge in [-0.3, -0.25) is 4.99 Å². The molecule has 3 heteroatoms. The molecule has 0 aliphatic rings. The largest absolute Gasteiger partial charge is 0.382 e. The summed E-state index contributed by atoms with van der Waals surface area (Å²) in [4.78, 5) is 7.10. The summed E-state index contributed by atoms with van der Waals surface area (Å²) in [6, 6.07) is 0. The van der Waals surface area contributed by atoms with Gasteiger partial charge in [0.25, 0.3) is 0 Å². The maximum atomic E-state index is 5.22. The number of aliphatic imine (C=N–C) groups is 2. The normalized spacial score (nSPS) is 12.4. The quantitative estimate of drug-likeness (QED) is 0.519. The third-order valence-electron chi connectivity index (χ3n) is 0.502. The number of nitrogens with two attached hydrogens (primary N) is 1. The van der Waals surface area contributed by atoms with E-state index in [1.807, 2.05) is 0 Å². The van der Waals surface area contributed by atoms with E-state index < -0.39 is 0 Å². The van der Waals surface area contributed by atoms with E-state index >= 15 is 0 Å². The Bertz CT molecular complexity index is 124. The van der Waals surface area contributed by atoms with Gasteiger partial charge in [-0.05, 0) is 13.6 Å². The van der Waals surface area contributed by atoms with Crippen LogP contribution in [0, 0.1) is 0 Å². The molecule has 44 valence electrons. The molecule has 0 saturated heterocycles. The second-order valence-corrected chi connectivity index (χ2v) is 1.12. The molecule has 0 aliphatic heterocycles. The van der Waals surface area contributed by atoms with Crippen LogP contribution in [-0.4, -0.2) is 12.9 Å². The van der Waals surface area contributed by atoms with Crippen LogP contribution in [0.25, 0.3) is 0 Å². The van der Waals surface area contributed by atoms with Crippen molar-refractivity contribution in [1.82, 2.24) is 0 Å². The van der Waals surface area contributed by atoms with Crippen molar-refractivity contribution in [2.75, 3.05) is 0 Å². The lowest BCUT2D eigenvalue weighted by molar-refractivity contribution is 1.22. The van der Waals surface area contributed by atoms with Crippen molar-refractivity contribution in [3.63, 3.8) is 0 Å². The Kier molecular flexibility index (Phi) is 3.48. The van der Waals surface area contributed by atoms with Crippen LogP contribution in [0.5, 0.6) is 0 Å². The Morgan fingerprint density at radius 2 is 2.38 bits per heavy atom. The third-order valence-corrected chi connectivity index (χ3v) is 0.502. The van der Waals surface area contributed by atoms with Crippen molar-refractivity contribution in [3.8, 4) is 0 Å². The summed E-state index contributed by atoms with van der Waals surface area (Å²) in [7, 11) is 0. The van der Waals surface area contributed by atoms with Crippen molar-refractivity contribution in [3.05, 3.63) is 12.0 Å². The van der Waals surface area contributed by atoms with E-state index in [4.69, 9.17) is 5.73 Å². The Balaban J connectivity index is 3.79. The summed E-state index contributed by atoms with van der Waals surface area (Å²) >= 11 is 0. The van der Waals surface area contributed by atoms with E-state index in [2.05, 4.69) is 16.7 Å². The smallest absolute Gasteiger partial charge is 0.141 e. The summed E-state index contributed by atoms with van der Waals surface area (Å²) in [6.45, 7) is 4.98. The number of nitrogens with zero attached hydrogens (tertiary/aromatic N) is 2. The molecule has 0 amide bonds. The second-order valence-electron chi connectivity index (χ2n) is 1.12. The molecule has 0 aromatic heterocycles. The van der Waals surface area contributed by atoms with Gasteiger partial charge in [0.05, 0.1) is 6.20 Å². The van der Waals surface area contributed by atoms with Crippen molar-refractivity contribution in [1.29, 1.82) is 0 Å². The van der Waals surface area contributed by atoms with Gasteiger partial charge in [0.2, 0.25) is 0 Å². The van der Waals surface area contributed by atoms with Crippen LogP contribution in [0.1, 0.15) is 6.92 Å². The first-order valence-electron chi connectivity index (χ1n) is 2.21. The molecule has 0 atom stereocenters. The molecule has 0 unspecified atom stereocenters.